The van der Waals surface area contributed by atoms with Gasteiger partial charge in [-0.1, -0.05) is 23.7 Å². The molecule has 29 heavy (non-hydrogen) atoms. The number of benzene rings is 2. The predicted octanol–water partition coefficient (Wildman–Crippen LogP) is 4.05. The molecule has 1 saturated heterocycles. The van der Waals surface area contributed by atoms with Crippen LogP contribution in [0.25, 0.3) is 6.08 Å². The van der Waals surface area contributed by atoms with Gasteiger partial charge >= 0.3 is 5.97 Å². The summed E-state index contributed by atoms with van der Waals surface area (Å²) in [6, 6.07) is 12.1. The number of likely N-dealkylation sites (N-methyl/N-ethyl adjacent to an activating group) is 1. The summed E-state index contributed by atoms with van der Waals surface area (Å²) in [7, 11) is 3.10. The highest BCUT2D eigenvalue weighted by Gasteiger charge is 2.30. The van der Waals surface area contributed by atoms with Crippen LogP contribution in [0.2, 0.25) is 5.02 Å². The van der Waals surface area contributed by atoms with Gasteiger partial charge in [-0.3, -0.25) is 9.69 Å². The third-order valence-corrected chi connectivity index (χ3v) is 5.22. The molecule has 0 radical (unpaired) electrons. The van der Waals surface area contributed by atoms with Gasteiger partial charge in [0.25, 0.3) is 5.91 Å². The summed E-state index contributed by atoms with van der Waals surface area (Å²) in [6.45, 7) is -0.527. The topological polar surface area (TPSA) is 88.4 Å². The number of carbonyl (C=O) groups is 2. The SMILES string of the molecule is COc1cccc(C=C2SC(=Nc3ccc(Cl)cc3)N(C)C2=O)c1OCC(=O)O. The number of para-hydroxylation sites is 1. The largest absolute Gasteiger partial charge is 0.493 e. The number of nitrogens with zero attached hydrogens (tertiary/aromatic N) is 2. The minimum absolute atomic E-state index is 0.227. The second-order valence-corrected chi connectivity index (χ2v) is 7.35. The normalized spacial score (nSPS) is 16.5. The number of thioether (sulfide) groups is 1. The van der Waals surface area contributed by atoms with Crippen molar-refractivity contribution in [1.29, 1.82) is 0 Å². The molecule has 3 rings (SSSR count). The summed E-state index contributed by atoms with van der Waals surface area (Å²) in [5.74, 6) is -0.712. The molecule has 0 atom stereocenters. The van der Waals surface area contributed by atoms with Gasteiger partial charge in [-0.05, 0) is 48.2 Å². The van der Waals surface area contributed by atoms with Crippen molar-refractivity contribution in [3.05, 3.63) is 58.0 Å². The van der Waals surface area contributed by atoms with Gasteiger partial charge in [0.1, 0.15) is 0 Å². The molecule has 2 aromatic rings. The third-order valence-electron chi connectivity index (χ3n) is 3.91. The summed E-state index contributed by atoms with van der Waals surface area (Å²) >= 11 is 7.10. The van der Waals surface area contributed by atoms with Crippen LogP contribution in [0, 0.1) is 0 Å². The van der Waals surface area contributed by atoms with E-state index < -0.39 is 12.6 Å². The lowest BCUT2D eigenvalue weighted by molar-refractivity contribution is -0.139. The van der Waals surface area contributed by atoms with E-state index in [0.717, 1.165) is 0 Å². The van der Waals surface area contributed by atoms with Crippen LogP contribution >= 0.6 is 23.4 Å². The van der Waals surface area contributed by atoms with Crippen LogP contribution in [-0.4, -0.2) is 47.8 Å². The molecule has 1 N–H and O–H groups in total. The van der Waals surface area contributed by atoms with Gasteiger partial charge in [0, 0.05) is 17.6 Å². The van der Waals surface area contributed by atoms with Crippen LogP contribution in [0.4, 0.5) is 5.69 Å². The fourth-order valence-corrected chi connectivity index (χ4v) is 3.62. The Bertz CT molecular complexity index is 1000. The second kappa shape index (κ2) is 9.02. The lowest BCUT2D eigenvalue weighted by Gasteiger charge is -2.12. The monoisotopic (exact) mass is 432 g/mol. The maximum absolute atomic E-state index is 12.7. The Balaban J connectivity index is 1.93. The van der Waals surface area contributed by atoms with Gasteiger partial charge in [0.05, 0.1) is 17.7 Å². The molecule has 0 bridgehead atoms. The zero-order chi connectivity index (χ0) is 21.0. The highest BCUT2D eigenvalue weighted by molar-refractivity contribution is 8.18. The number of carboxylic acids is 1. The molecule has 1 heterocycles. The van der Waals surface area contributed by atoms with Crippen molar-refractivity contribution in [3.63, 3.8) is 0 Å². The molecule has 0 spiro atoms. The minimum atomic E-state index is -1.11. The van der Waals surface area contributed by atoms with Gasteiger partial charge in [0.15, 0.2) is 23.3 Å². The molecular weight excluding hydrogens is 416 g/mol. The number of amides is 1. The van der Waals surface area contributed by atoms with Gasteiger partial charge in [-0.2, -0.15) is 0 Å². The Morgan fingerprint density at radius 2 is 2.00 bits per heavy atom. The molecule has 1 aliphatic heterocycles. The number of halogens is 1. The van der Waals surface area contributed by atoms with Crippen LogP contribution < -0.4 is 9.47 Å². The number of hydrogen-bond donors (Lipinski definition) is 1. The van der Waals surface area contributed by atoms with Crippen molar-refractivity contribution >= 4 is 52.2 Å². The molecule has 1 fully saturated rings. The van der Waals surface area contributed by atoms with E-state index in [1.807, 2.05) is 0 Å². The van der Waals surface area contributed by atoms with Crippen molar-refractivity contribution in [2.24, 2.45) is 4.99 Å². The first kappa shape index (κ1) is 20.8. The van der Waals surface area contributed by atoms with Crippen LogP contribution in [-0.2, 0) is 9.59 Å². The number of carbonyl (C=O) groups excluding carboxylic acids is 1. The quantitative estimate of drug-likeness (QED) is 0.693. The maximum Gasteiger partial charge on any atom is 0.341 e. The van der Waals surface area contributed by atoms with Crippen LogP contribution in [0.15, 0.2) is 52.4 Å². The number of ether oxygens (including phenoxy) is 2. The van der Waals surface area contributed by atoms with E-state index in [1.54, 1.807) is 55.6 Å². The molecule has 1 amide bonds. The second-order valence-electron chi connectivity index (χ2n) is 5.91. The molecule has 2 aromatic carbocycles. The first-order valence-electron chi connectivity index (χ1n) is 8.42. The maximum atomic E-state index is 12.7. The average molecular weight is 433 g/mol. The van der Waals surface area contributed by atoms with Gasteiger partial charge in [-0.25, -0.2) is 9.79 Å². The Kier molecular flexibility index (Phi) is 6.46. The molecule has 0 aromatic heterocycles. The number of rotatable bonds is 6. The highest BCUT2D eigenvalue weighted by atomic mass is 35.5. The Morgan fingerprint density at radius 3 is 2.66 bits per heavy atom. The van der Waals surface area contributed by atoms with E-state index in [4.69, 9.17) is 26.2 Å². The fourth-order valence-electron chi connectivity index (χ4n) is 2.51. The van der Waals surface area contributed by atoms with Crippen molar-refractivity contribution in [3.8, 4) is 11.5 Å². The zero-order valence-corrected chi connectivity index (χ0v) is 17.2. The van der Waals surface area contributed by atoms with Gasteiger partial charge in [-0.15, -0.1) is 0 Å². The standard InChI is InChI=1S/C20H17ClN2O5S/c1-23-19(26)16(29-20(23)22-14-8-6-13(21)7-9-14)10-12-4-3-5-15(27-2)18(12)28-11-17(24)25/h3-10H,11H2,1-2H3,(H,24,25). The molecule has 150 valence electrons. The molecular formula is C20H17ClN2O5S. The van der Waals surface area contributed by atoms with Crippen molar-refractivity contribution < 1.29 is 24.2 Å². The van der Waals surface area contributed by atoms with E-state index >= 15 is 0 Å². The Labute approximate surface area is 176 Å². The van der Waals surface area contributed by atoms with Crippen molar-refractivity contribution in [2.45, 2.75) is 0 Å². The predicted molar refractivity (Wildman–Crippen MR) is 113 cm³/mol. The Morgan fingerprint density at radius 1 is 1.28 bits per heavy atom. The number of amidine groups is 1. The molecule has 7 nitrogen and oxygen atoms in total. The summed E-state index contributed by atoms with van der Waals surface area (Å²) < 4.78 is 10.6. The van der Waals surface area contributed by atoms with Crippen LogP contribution in [0.3, 0.4) is 0 Å². The lowest BCUT2D eigenvalue weighted by atomic mass is 10.1. The summed E-state index contributed by atoms with van der Waals surface area (Å²) in [5.41, 5.74) is 1.20. The van der Waals surface area contributed by atoms with Crippen LogP contribution in [0.5, 0.6) is 11.5 Å². The van der Waals surface area contributed by atoms with Crippen molar-refractivity contribution in [1.82, 2.24) is 4.90 Å². The Hall–Kier alpha value is -2.97. The fraction of sp³-hybridized carbons (Fsp3) is 0.150. The average Bonchev–Trinajstić information content (AvgIpc) is 2.96. The van der Waals surface area contributed by atoms with Crippen molar-refractivity contribution in [2.75, 3.05) is 20.8 Å². The molecule has 0 unspecified atom stereocenters. The van der Waals surface area contributed by atoms with E-state index in [9.17, 15) is 9.59 Å². The van der Waals surface area contributed by atoms with Gasteiger partial charge < -0.3 is 14.6 Å². The molecule has 9 heteroatoms. The number of aliphatic imine (C=N–C) groups is 1. The molecule has 1 aliphatic rings. The first-order chi connectivity index (χ1) is 13.9. The summed E-state index contributed by atoms with van der Waals surface area (Å²) in [4.78, 5) is 29.9. The van der Waals surface area contributed by atoms with E-state index in [1.165, 1.54) is 23.8 Å². The highest BCUT2D eigenvalue weighted by Crippen LogP contribution is 2.37. The number of methoxy groups -OCH3 is 1. The molecule has 0 aliphatic carbocycles. The third kappa shape index (κ3) is 4.90. The van der Waals surface area contributed by atoms with E-state index in [-0.39, 0.29) is 11.7 Å². The van der Waals surface area contributed by atoms with Gasteiger partial charge in [0.2, 0.25) is 0 Å². The van der Waals surface area contributed by atoms with E-state index in [0.29, 0.717) is 32.1 Å². The zero-order valence-electron chi connectivity index (χ0n) is 15.6. The lowest BCUT2D eigenvalue weighted by Crippen LogP contribution is -2.23. The number of aliphatic carboxylic acids is 1. The number of hydrogen-bond acceptors (Lipinski definition) is 6. The van der Waals surface area contributed by atoms with Crippen LogP contribution in [0.1, 0.15) is 5.56 Å². The number of carboxylic acid groups (broad SMARTS) is 1. The summed E-state index contributed by atoms with van der Waals surface area (Å²) in [6.07, 6.45) is 1.63. The molecule has 0 saturated carbocycles. The first-order valence-corrected chi connectivity index (χ1v) is 9.62. The van der Waals surface area contributed by atoms with E-state index in [2.05, 4.69) is 4.99 Å². The minimum Gasteiger partial charge on any atom is -0.493 e. The smallest absolute Gasteiger partial charge is 0.341 e. The summed E-state index contributed by atoms with van der Waals surface area (Å²) in [5, 5.41) is 10.0.